The van der Waals surface area contributed by atoms with Gasteiger partial charge in [0.05, 0.1) is 6.10 Å². The van der Waals surface area contributed by atoms with Crippen molar-refractivity contribution in [3.8, 4) is 0 Å². The number of halogens is 1. The molecule has 108 valence electrons. The van der Waals surface area contributed by atoms with Crippen LogP contribution in [0, 0.1) is 0 Å². The third-order valence-corrected chi connectivity index (χ3v) is 3.49. The number of ether oxygens (including phenoxy) is 1. The lowest BCUT2D eigenvalue weighted by Crippen LogP contribution is -2.29. The van der Waals surface area contributed by atoms with Gasteiger partial charge in [-0.05, 0) is 24.1 Å². The SMILES string of the molecule is CCCCCOC(CNC(C)C)c1cccc(Br)c1. The molecular formula is C16H26BrNO. The highest BCUT2D eigenvalue weighted by Crippen LogP contribution is 2.21. The van der Waals surface area contributed by atoms with E-state index < -0.39 is 0 Å². The van der Waals surface area contributed by atoms with E-state index in [0.29, 0.717) is 6.04 Å². The Labute approximate surface area is 126 Å². The van der Waals surface area contributed by atoms with E-state index in [0.717, 1.165) is 24.0 Å². The highest BCUT2D eigenvalue weighted by Gasteiger charge is 2.12. The standard InChI is InChI=1S/C16H26BrNO/c1-4-5-6-10-19-16(12-18-13(2)3)14-8-7-9-15(17)11-14/h7-9,11,13,16,18H,4-6,10,12H2,1-3H3. The zero-order valence-corrected chi connectivity index (χ0v) is 13.9. The highest BCUT2D eigenvalue weighted by atomic mass is 79.9. The van der Waals surface area contributed by atoms with Gasteiger partial charge in [0, 0.05) is 23.7 Å². The summed E-state index contributed by atoms with van der Waals surface area (Å²) in [5, 5.41) is 3.46. The molecule has 1 N–H and O–H groups in total. The van der Waals surface area contributed by atoms with Crippen LogP contribution in [0.2, 0.25) is 0 Å². The maximum Gasteiger partial charge on any atom is 0.0949 e. The highest BCUT2D eigenvalue weighted by molar-refractivity contribution is 9.10. The zero-order valence-electron chi connectivity index (χ0n) is 12.3. The lowest BCUT2D eigenvalue weighted by atomic mass is 10.1. The van der Waals surface area contributed by atoms with Gasteiger partial charge in [-0.2, -0.15) is 0 Å². The lowest BCUT2D eigenvalue weighted by molar-refractivity contribution is 0.0487. The fourth-order valence-corrected chi connectivity index (χ4v) is 2.32. The fraction of sp³-hybridized carbons (Fsp3) is 0.625. The molecule has 1 aromatic rings. The smallest absolute Gasteiger partial charge is 0.0949 e. The van der Waals surface area contributed by atoms with Crippen molar-refractivity contribution in [3.05, 3.63) is 34.3 Å². The number of hydrogen-bond acceptors (Lipinski definition) is 2. The van der Waals surface area contributed by atoms with Gasteiger partial charge in [-0.1, -0.05) is 61.7 Å². The van der Waals surface area contributed by atoms with E-state index >= 15 is 0 Å². The third kappa shape index (κ3) is 7.09. The summed E-state index contributed by atoms with van der Waals surface area (Å²) in [6.07, 6.45) is 3.75. The quantitative estimate of drug-likeness (QED) is 0.664. The van der Waals surface area contributed by atoms with Crippen LogP contribution >= 0.6 is 15.9 Å². The van der Waals surface area contributed by atoms with Crippen molar-refractivity contribution in [1.82, 2.24) is 5.32 Å². The van der Waals surface area contributed by atoms with Gasteiger partial charge >= 0.3 is 0 Å². The van der Waals surface area contributed by atoms with Gasteiger partial charge in [-0.25, -0.2) is 0 Å². The maximum absolute atomic E-state index is 6.05. The van der Waals surface area contributed by atoms with Gasteiger partial charge in [0.2, 0.25) is 0 Å². The Morgan fingerprint density at radius 2 is 2.05 bits per heavy atom. The van der Waals surface area contributed by atoms with Crippen LogP contribution in [0.4, 0.5) is 0 Å². The summed E-state index contributed by atoms with van der Waals surface area (Å²) >= 11 is 3.53. The molecule has 0 aromatic heterocycles. The second-order valence-corrected chi connectivity index (χ2v) is 6.10. The van der Waals surface area contributed by atoms with E-state index in [2.05, 4.69) is 60.2 Å². The van der Waals surface area contributed by atoms with Crippen molar-refractivity contribution < 1.29 is 4.74 Å². The van der Waals surface area contributed by atoms with E-state index in [1.165, 1.54) is 18.4 Å². The van der Waals surface area contributed by atoms with Crippen LogP contribution in [0.25, 0.3) is 0 Å². The van der Waals surface area contributed by atoms with Crippen molar-refractivity contribution in [2.24, 2.45) is 0 Å². The number of unbranched alkanes of at least 4 members (excludes halogenated alkanes) is 2. The summed E-state index contributed by atoms with van der Waals surface area (Å²) in [6.45, 7) is 8.24. The molecule has 2 nitrogen and oxygen atoms in total. The Kier molecular flexibility index (Phi) is 8.35. The van der Waals surface area contributed by atoms with Crippen LogP contribution < -0.4 is 5.32 Å². The molecule has 0 radical (unpaired) electrons. The summed E-state index contributed by atoms with van der Waals surface area (Å²) < 4.78 is 7.16. The Morgan fingerprint density at radius 3 is 2.68 bits per heavy atom. The minimum atomic E-state index is 0.136. The molecule has 1 rings (SSSR count). The third-order valence-electron chi connectivity index (χ3n) is 3.00. The van der Waals surface area contributed by atoms with Crippen LogP contribution in [0.5, 0.6) is 0 Å². The van der Waals surface area contributed by atoms with Gasteiger partial charge in [-0.3, -0.25) is 0 Å². The lowest BCUT2D eigenvalue weighted by Gasteiger charge is -2.20. The second-order valence-electron chi connectivity index (χ2n) is 5.18. The first kappa shape index (κ1) is 16.7. The van der Waals surface area contributed by atoms with Crippen LogP contribution in [0.3, 0.4) is 0 Å². The number of hydrogen-bond donors (Lipinski definition) is 1. The predicted octanol–water partition coefficient (Wildman–Crippen LogP) is 4.70. The first-order valence-corrected chi connectivity index (χ1v) is 8.03. The van der Waals surface area contributed by atoms with Crippen LogP contribution in [0.15, 0.2) is 28.7 Å². The Balaban J connectivity index is 2.57. The van der Waals surface area contributed by atoms with Gasteiger partial charge in [0.15, 0.2) is 0 Å². The van der Waals surface area contributed by atoms with E-state index in [-0.39, 0.29) is 6.10 Å². The molecule has 0 spiro atoms. The minimum Gasteiger partial charge on any atom is -0.372 e. The number of nitrogens with one attached hydrogen (secondary N) is 1. The Bertz CT molecular complexity index is 354. The number of rotatable bonds is 9. The summed E-state index contributed by atoms with van der Waals surface area (Å²) in [7, 11) is 0. The minimum absolute atomic E-state index is 0.136. The first-order valence-electron chi connectivity index (χ1n) is 7.24. The Morgan fingerprint density at radius 1 is 1.26 bits per heavy atom. The van der Waals surface area contributed by atoms with Gasteiger partial charge in [-0.15, -0.1) is 0 Å². The van der Waals surface area contributed by atoms with Gasteiger partial charge in [0.1, 0.15) is 0 Å². The molecule has 0 heterocycles. The van der Waals surface area contributed by atoms with E-state index in [9.17, 15) is 0 Å². The molecule has 0 fully saturated rings. The van der Waals surface area contributed by atoms with Crippen LogP contribution in [-0.4, -0.2) is 19.2 Å². The maximum atomic E-state index is 6.05. The second kappa shape index (κ2) is 9.51. The molecule has 0 aliphatic carbocycles. The monoisotopic (exact) mass is 327 g/mol. The predicted molar refractivity (Wildman–Crippen MR) is 85.5 cm³/mol. The average molecular weight is 328 g/mol. The fourth-order valence-electron chi connectivity index (χ4n) is 1.90. The van der Waals surface area contributed by atoms with Gasteiger partial charge in [0.25, 0.3) is 0 Å². The molecule has 0 aliphatic rings. The molecule has 1 unspecified atom stereocenters. The molecule has 0 bridgehead atoms. The topological polar surface area (TPSA) is 21.3 Å². The largest absolute Gasteiger partial charge is 0.372 e. The molecule has 0 amide bonds. The molecule has 0 saturated heterocycles. The van der Waals surface area contributed by atoms with E-state index in [1.807, 2.05) is 6.07 Å². The normalized spacial score (nSPS) is 12.9. The van der Waals surface area contributed by atoms with Crippen LogP contribution in [-0.2, 0) is 4.74 Å². The van der Waals surface area contributed by atoms with Crippen molar-refractivity contribution in [1.29, 1.82) is 0 Å². The average Bonchev–Trinajstić information content (AvgIpc) is 2.37. The molecule has 19 heavy (non-hydrogen) atoms. The summed E-state index contributed by atoms with van der Waals surface area (Å²) in [6, 6.07) is 8.88. The Hall–Kier alpha value is -0.380. The van der Waals surface area contributed by atoms with Crippen molar-refractivity contribution >= 4 is 15.9 Å². The number of benzene rings is 1. The van der Waals surface area contributed by atoms with Crippen molar-refractivity contribution in [2.75, 3.05) is 13.2 Å². The van der Waals surface area contributed by atoms with E-state index in [1.54, 1.807) is 0 Å². The molecule has 1 aromatic carbocycles. The molecule has 1 atom stereocenters. The molecule has 0 saturated carbocycles. The van der Waals surface area contributed by atoms with Crippen LogP contribution in [0.1, 0.15) is 51.7 Å². The van der Waals surface area contributed by atoms with E-state index in [4.69, 9.17) is 4.74 Å². The molecular weight excluding hydrogens is 302 g/mol. The zero-order chi connectivity index (χ0) is 14.1. The summed E-state index contributed by atoms with van der Waals surface area (Å²) in [4.78, 5) is 0. The van der Waals surface area contributed by atoms with Crippen molar-refractivity contribution in [2.45, 2.75) is 52.2 Å². The first-order chi connectivity index (χ1) is 9.13. The molecule has 0 aliphatic heterocycles. The van der Waals surface area contributed by atoms with Crippen molar-refractivity contribution in [3.63, 3.8) is 0 Å². The van der Waals surface area contributed by atoms with Gasteiger partial charge < -0.3 is 10.1 Å². The molecule has 3 heteroatoms. The summed E-state index contributed by atoms with van der Waals surface area (Å²) in [5.74, 6) is 0. The summed E-state index contributed by atoms with van der Waals surface area (Å²) in [5.41, 5.74) is 1.24.